The Bertz CT molecular complexity index is 1090. The van der Waals surface area contributed by atoms with E-state index in [0.29, 0.717) is 22.9 Å². The van der Waals surface area contributed by atoms with Gasteiger partial charge in [-0.2, -0.15) is 13.5 Å². The van der Waals surface area contributed by atoms with Crippen molar-refractivity contribution in [2.75, 3.05) is 0 Å². The summed E-state index contributed by atoms with van der Waals surface area (Å²) in [5.41, 5.74) is 1.49. The molecule has 0 aliphatic carbocycles. The highest BCUT2D eigenvalue weighted by atomic mass is 35.5. The summed E-state index contributed by atoms with van der Waals surface area (Å²) in [5, 5.41) is 4.37. The molecule has 144 valence electrons. The van der Waals surface area contributed by atoms with Gasteiger partial charge < -0.3 is 4.74 Å². The SMILES string of the molecule is O=S(=O)(N/N=C/c1cccc(OCc2ccccc2Cl)c1)c1ccc(F)cc1. The molecule has 0 fully saturated rings. The smallest absolute Gasteiger partial charge is 0.276 e. The lowest BCUT2D eigenvalue weighted by atomic mass is 10.2. The van der Waals surface area contributed by atoms with Gasteiger partial charge in [0, 0.05) is 10.6 Å². The molecule has 1 N–H and O–H groups in total. The molecule has 28 heavy (non-hydrogen) atoms. The maximum absolute atomic E-state index is 12.9. The quantitative estimate of drug-likeness (QED) is 0.457. The van der Waals surface area contributed by atoms with Gasteiger partial charge >= 0.3 is 0 Å². The molecule has 0 unspecified atom stereocenters. The molecule has 0 bridgehead atoms. The van der Waals surface area contributed by atoms with Crippen molar-refractivity contribution in [2.24, 2.45) is 5.10 Å². The molecule has 3 aromatic rings. The van der Waals surface area contributed by atoms with Gasteiger partial charge in [0.15, 0.2) is 0 Å². The molecule has 0 aliphatic heterocycles. The Kier molecular flexibility index (Phi) is 6.28. The molecular formula is C20H16ClFN2O3S. The zero-order valence-electron chi connectivity index (χ0n) is 14.5. The van der Waals surface area contributed by atoms with E-state index in [0.717, 1.165) is 29.8 Å². The van der Waals surface area contributed by atoms with E-state index in [1.807, 2.05) is 18.2 Å². The summed E-state index contributed by atoms with van der Waals surface area (Å²) < 4.78 is 42.9. The zero-order valence-corrected chi connectivity index (χ0v) is 16.1. The zero-order chi connectivity index (χ0) is 20.0. The van der Waals surface area contributed by atoms with Crippen molar-refractivity contribution >= 4 is 27.8 Å². The Labute approximate surface area is 167 Å². The highest BCUT2D eigenvalue weighted by Crippen LogP contribution is 2.19. The van der Waals surface area contributed by atoms with Gasteiger partial charge in [0.2, 0.25) is 0 Å². The predicted octanol–water partition coefficient (Wildman–Crippen LogP) is 4.37. The topological polar surface area (TPSA) is 67.8 Å². The first-order valence-electron chi connectivity index (χ1n) is 8.21. The minimum atomic E-state index is -3.87. The van der Waals surface area contributed by atoms with E-state index < -0.39 is 15.8 Å². The molecule has 0 saturated carbocycles. The molecule has 3 rings (SSSR count). The van der Waals surface area contributed by atoms with Crippen molar-refractivity contribution in [3.63, 3.8) is 0 Å². The summed E-state index contributed by atoms with van der Waals surface area (Å²) in [6, 6.07) is 18.8. The van der Waals surface area contributed by atoms with E-state index in [1.165, 1.54) is 6.21 Å². The molecular weight excluding hydrogens is 403 g/mol. The van der Waals surface area contributed by atoms with Crippen molar-refractivity contribution < 1.29 is 17.5 Å². The van der Waals surface area contributed by atoms with Crippen molar-refractivity contribution in [3.05, 3.63) is 94.8 Å². The Balaban J connectivity index is 1.64. The maximum Gasteiger partial charge on any atom is 0.276 e. The van der Waals surface area contributed by atoms with E-state index in [4.69, 9.17) is 16.3 Å². The van der Waals surface area contributed by atoms with Crippen molar-refractivity contribution in [3.8, 4) is 5.75 Å². The monoisotopic (exact) mass is 418 g/mol. The number of halogens is 2. The van der Waals surface area contributed by atoms with Crippen molar-refractivity contribution in [1.82, 2.24) is 4.83 Å². The van der Waals surface area contributed by atoms with Crippen LogP contribution in [0.3, 0.4) is 0 Å². The number of sulfonamides is 1. The lowest BCUT2D eigenvalue weighted by Gasteiger charge is -2.08. The first kappa shape index (κ1) is 19.9. The number of benzene rings is 3. The van der Waals surface area contributed by atoms with Crippen molar-refractivity contribution in [2.45, 2.75) is 11.5 Å². The van der Waals surface area contributed by atoms with E-state index in [9.17, 15) is 12.8 Å². The Hall–Kier alpha value is -2.90. The lowest BCUT2D eigenvalue weighted by molar-refractivity contribution is 0.306. The summed E-state index contributed by atoms with van der Waals surface area (Å²) in [4.78, 5) is 2.01. The first-order chi connectivity index (χ1) is 13.4. The minimum Gasteiger partial charge on any atom is -0.489 e. The van der Waals surface area contributed by atoms with Gasteiger partial charge in [-0.25, -0.2) is 9.22 Å². The maximum atomic E-state index is 12.9. The number of nitrogens with zero attached hydrogens (tertiary/aromatic N) is 1. The normalized spacial score (nSPS) is 11.5. The second-order valence-corrected chi connectivity index (χ2v) is 7.83. The molecule has 0 atom stereocenters. The Morgan fingerprint density at radius 2 is 1.79 bits per heavy atom. The molecule has 0 aromatic heterocycles. The number of hydrogen-bond donors (Lipinski definition) is 1. The number of nitrogens with one attached hydrogen (secondary N) is 1. The van der Waals surface area contributed by atoms with Crippen LogP contribution < -0.4 is 9.57 Å². The molecule has 0 spiro atoms. The average molecular weight is 419 g/mol. The molecule has 3 aromatic carbocycles. The van der Waals surface area contributed by atoms with E-state index in [-0.39, 0.29) is 4.90 Å². The highest BCUT2D eigenvalue weighted by Gasteiger charge is 2.12. The highest BCUT2D eigenvalue weighted by molar-refractivity contribution is 7.89. The molecule has 0 amide bonds. The van der Waals surface area contributed by atoms with Crippen LogP contribution in [-0.2, 0) is 16.6 Å². The molecule has 8 heteroatoms. The number of ether oxygens (including phenoxy) is 1. The van der Waals surface area contributed by atoms with Crippen LogP contribution in [0.1, 0.15) is 11.1 Å². The van der Waals surface area contributed by atoms with Gasteiger partial charge in [-0.1, -0.05) is 41.9 Å². The average Bonchev–Trinajstić information content (AvgIpc) is 2.68. The third kappa shape index (κ3) is 5.31. The van der Waals surface area contributed by atoms with E-state index >= 15 is 0 Å². The van der Waals surface area contributed by atoms with Crippen LogP contribution >= 0.6 is 11.6 Å². The Morgan fingerprint density at radius 1 is 1.04 bits per heavy atom. The van der Waals surface area contributed by atoms with Gasteiger partial charge in [-0.3, -0.25) is 0 Å². The molecule has 0 radical (unpaired) electrons. The van der Waals surface area contributed by atoms with Crippen LogP contribution in [0.2, 0.25) is 5.02 Å². The lowest BCUT2D eigenvalue weighted by Crippen LogP contribution is -2.18. The van der Waals surface area contributed by atoms with Gasteiger partial charge in [-0.05, 0) is 48.0 Å². The second kappa shape index (κ2) is 8.86. The fourth-order valence-electron chi connectivity index (χ4n) is 2.30. The number of hydrazone groups is 1. The Morgan fingerprint density at radius 3 is 2.54 bits per heavy atom. The second-order valence-electron chi connectivity index (χ2n) is 5.76. The van der Waals surface area contributed by atoms with E-state index in [1.54, 1.807) is 30.3 Å². The number of hydrogen-bond acceptors (Lipinski definition) is 4. The predicted molar refractivity (Wildman–Crippen MR) is 107 cm³/mol. The van der Waals surface area contributed by atoms with Crippen LogP contribution in [0.4, 0.5) is 4.39 Å². The molecule has 0 aliphatic rings. The van der Waals surface area contributed by atoms with Crippen molar-refractivity contribution in [1.29, 1.82) is 0 Å². The van der Waals surface area contributed by atoms with Gasteiger partial charge in [-0.15, -0.1) is 0 Å². The summed E-state index contributed by atoms with van der Waals surface area (Å²) in [5.74, 6) is 0.0707. The van der Waals surface area contributed by atoms with Crippen LogP contribution in [0, 0.1) is 5.82 Å². The van der Waals surface area contributed by atoms with Crippen LogP contribution in [0.25, 0.3) is 0 Å². The van der Waals surface area contributed by atoms with E-state index in [2.05, 4.69) is 9.93 Å². The summed E-state index contributed by atoms with van der Waals surface area (Å²) >= 11 is 6.11. The molecule has 0 saturated heterocycles. The van der Waals surface area contributed by atoms with Gasteiger partial charge in [0.05, 0.1) is 11.1 Å². The fourth-order valence-corrected chi connectivity index (χ4v) is 3.28. The molecule has 0 heterocycles. The minimum absolute atomic E-state index is 0.0807. The molecule has 5 nitrogen and oxygen atoms in total. The van der Waals surface area contributed by atoms with Gasteiger partial charge in [0.1, 0.15) is 18.2 Å². The standard InChI is InChI=1S/C20H16ClFN2O3S/c21-20-7-2-1-5-16(20)14-27-18-6-3-4-15(12-18)13-23-24-28(25,26)19-10-8-17(22)9-11-19/h1-13,24H,14H2/b23-13+. The largest absolute Gasteiger partial charge is 0.489 e. The van der Waals surface area contributed by atoms with Crippen LogP contribution in [0.15, 0.2) is 82.8 Å². The summed E-state index contributed by atoms with van der Waals surface area (Å²) in [6.07, 6.45) is 1.35. The van der Waals surface area contributed by atoms with Crippen LogP contribution in [0.5, 0.6) is 5.75 Å². The third-order valence-corrected chi connectivity index (χ3v) is 5.33. The fraction of sp³-hybridized carbons (Fsp3) is 0.0500. The summed E-state index contributed by atoms with van der Waals surface area (Å²) in [6.45, 7) is 0.303. The summed E-state index contributed by atoms with van der Waals surface area (Å²) in [7, 11) is -3.87. The number of rotatable bonds is 7. The third-order valence-electron chi connectivity index (χ3n) is 3.72. The van der Waals surface area contributed by atoms with Crippen LogP contribution in [-0.4, -0.2) is 14.6 Å². The first-order valence-corrected chi connectivity index (χ1v) is 10.1. The van der Waals surface area contributed by atoms with Gasteiger partial charge in [0.25, 0.3) is 10.0 Å².